The lowest BCUT2D eigenvalue weighted by Gasteiger charge is -2.34. The lowest BCUT2D eigenvalue weighted by atomic mass is 9.96. The van der Waals surface area contributed by atoms with Crippen molar-refractivity contribution in [1.29, 1.82) is 0 Å². The first-order valence-electron chi connectivity index (χ1n) is 6.17. The molecule has 0 radical (unpaired) electrons. The second-order valence-corrected chi connectivity index (χ2v) is 5.12. The maximum absolute atomic E-state index is 10.0. The van der Waals surface area contributed by atoms with Gasteiger partial charge in [0.15, 0.2) is 0 Å². The van der Waals surface area contributed by atoms with Gasteiger partial charge in [0.05, 0.1) is 18.3 Å². The number of hydrogen-bond acceptors (Lipinski definition) is 4. The lowest BCUT2D eigenvalue weighted by molar-refractivity contribution is -0.0299. The quantitative estimate of drug-likeness (QED) is 0.703. The van der Waals surface area contributed by atoms with Gasteiger partial charge in [0.1, 0.15) is 0 Å². The highest BCUT2D eigenvalue weighted by Gasteiger charge is 2.36. The van der Waals surface area contributed by atoms with Crippen molar-refractivity contribution in [3.8, 4) is 0 Å². The molecule has 1 aliphatic heterocycles. The van der Waals surface area contributed by atoms with Crippen molar-refractivity contribution < 1.29 is 14.9 Å². The Morgan fingerprint density at radius 2 is 2.19 bits per heavy atom. The van der Waals surface area contributed by atoms with Gasteiger partial charge in [-0.1, -0.05) is 0 Å². The predicted molar refractivity (Wildman–Crippen MR) is 63.4 cm³/mol. The molecule has 96 valence electrons. The Kier molecular flexibility index (Phi) is 5.18. The number of nitrogens with zero attached hydrogens (tertiary/aromatic N) is 1. The number of rotatable bonds is 6. The molecule has 16 heavy (non-hydrogen) atoms. The van der Waals surface area contributed by atoms with Gasteiger partial charge in [0.2, 0.25) is 0 Å². The van der Waals surface area contributed by atoms with E-state index in [1.165, 1.54) is 0 Å². The average molecular weight is 231 g/mol. The van der Waals surface area contributed by atoms with Gasteiger partial charge in [0.25, 0.3) is 0 Å². The molecular formula is C12H25NO3. The van der Waals surface area contributed by atoms with Crippen LogP contribution >= 0.6 is 0 Å². The predicted octanol–water partition coefficient (Wildman–Crippen LogP) is 0.619. The topological polar surface area (TPSA) is 52.9 Å². The maximum atomic E-state index is 10.0. The molecule has 1 aliphatic rings. The standard InChI is InChI=1S/C12H25NO3/c1-4-16-9-10(14)8-13-7-5-6-11(13)12(2,3)15/h10-11,14-15H,4-9H2,1-3H3/t10-,11+/m1/s1. The fraction of sp³-hybridized carbons (Fsp3) is 1.00. The molecule has 1 rings (SSSR count). The average Bonchev–Trinajstić information content (AvgIpc) is 2.62. The summed E-state index contributed by atoms with van der Waals surface area (Å²) in [5.74, 6) is 0. The summed E-state index contributed by atoms with van der Waals surface area (Å²) in [6, 6.07) is 0.156. The summed E-state index contributed by atoms with van der Waals surface area (Å²) >= 11 is 0. The fourth-order valence-corrected chi connectivity index (χ4v) is 2.42. The van der Waals surface area contributed by atoms with E-state index in [-0.39, 0.29) is 6.04 Å². The van der Waals surface area contributed by atoms with Crippen LogP contribution in [0.4, 0.5) is 0 Å². The van der Waals surface area contributed by atoms with E-state index in [4.69, 9.17) is 4.74 Å². The van der Waals surface area contributed by atoms with Crippen molar-refractivity contribution in [3.63, 3.8) is 0 Å². The molecule has 0 aromatic heterocycles. The van der Waals surface area contributed by atoms with Gasteiger partial charge in [-0.05, 0) is 40.2 Å². The van der Waals surface area contributed by atoms with Crippen molar-refractivity contribution in [2.45, 2.75) is 51.4 Å². The van der Waals surface area contributed by atoms with Crippen LogP contribution in [0, 0.1) is 0 Å². The molecule has 0 amide bonds. The molecule has 1 fully saturated rings. The van der Waals surface area contributed by atoms with E-state index < -0.39 is 11.7 Å². The minimum Gasteiger partial charge on any atom is -0.389 e. The Balaban J connectivity index is 2.40. The Morgan fingerprint density at radius 1 is 1.50 bits per heavy atom. The molecular weight excluding hydrogens is 206 g/mol. The third kappa shape index (κ3) is 4.01. The zero-order valence-electron chi connectivity index (χ0n) is 10.6. The van der Waals surface area contributed by atoms with Gasteiger partial charge in [-0.2, -0.15) is 0 Å². The third-order valence-electron chi connectivity index (χ3n) is 3.14. The van der Waals surface area contributed by atoms with Gasteiger partial charge < -0.3 is 14.9 Å². The van der Waals surface area contributed by atoms with Crippen LogP contribution in [-0.2, 0) is 4.74 Å². The van der Waals surface area contributed by atoms with Crippen LogP contribution in [0.25, 0.3) is 0 Å². The van der Waals surface area contributed by atoms with Crippen molar-refractivity contribution in [2.24, 2.45) is 0 Å². The van der Waals surface area contributed by atoms with Crippen LogP contribution in [-0.4, -0.2) is 59.2 Å². The zero-order chi connectivity index (χ0) is 12.2. The molecule has 0 saturated carbocycles. The van der Waals surface area contributed by atoms with Gasteiger partial charge in [-0.3, -0.25) is 4.90 Å². The maximum Gasteiger partial charge on any atom is 0.0900 e. The van der Waals surface area contributed by atoms with Crippen molar-refractivity contribution in [3.05, 3.63) is 0 Å². The highest BCUT2D eigenvalue weighted by Crippen LogP contribution is 2.26. The molecule has 1 heterocycles. The van der Waals surface area contributed by atoms with Gasteiger partial charge in [0, 0.05) is 19.2 Å². The number of likely N-dealkylation sites (tertiary alicyclic amines) is 1. The van der Waals surface area contributed by atoms with E-state index in [1.807, 2.05) is 20.8 Å². The molecule has 0 bridgehead atoms. The minimum atomic E-state index is -0.693. The molecule has 0 aromatic carbocycles. The smallest absolute Gasteiger partial charge is 0.0900 e. The first-order chi connectivity index (χ1) is 7.45. The van der Waals surface area contributed by atoms with E-state index in [1.54, 1.807) is 0 Å². The SMILES string of the molecule is CCOC[C@H](O)CN1CCC[C@H]1C(C)(C)O. The van der Waals surface area contributed by atoms with Crippen molar-refractivity contribution in [1.82, 2.24) is 4.90 Å². The monoisotopic (exact) mass is 231 g/mol. The molecule has 2 N–H and O–H groups in total. The van der Waals surface area contributed by atoms with Gasteiger partial charge >= 0.3 is 0 Å². The summed E-state index contributed by atoms with van der Waals surface area (Å²) in [6.07, 6.45) is 1.64. The zero-order valence-corrected chi connectivity index (χ0v) is 10.6. The fourth-order valence-electron chi connectivity index (χ4n) is 2.42. The molecule has 1 saturated heterocycles. The molecule has 0 unspecified atom stereocenters. The lowest BCUT2D eigenvalue weighted by Crippen LogP contribution is -2.48. The molecule has 4 heteroatoms. The largest absolute Gasteiger partial charge is 0.389 e. The second kappa shape index (κ2) is 5.96. The van der Waals surface area contributed by atoms with Crippen molar-refractivity contribution >= 4 is 0 Å². The summed E-state index contributed by atoms with van der Waals surface area (Å²) in [5, 5.41) is 19.8. The van der Waals surface area contributed by atoms with Crippen LogP contribution in [0.15, 0.2) is 0 Å². The highest BCUT2D eigenvalue weighted by atomic mass is 16.5. The second-order valence-electron chi connectivity index (χ2n) is 5.12. The highest BCUT2D eigenvalue weighted by molar-refractivity contribution is 4.91. The van der Waals surface area contributed by atoms with Crippen LogP contribution in [0.2, 0.25) is 0 Å². The molecule has 0 aromatic rings. The normalized spacial score (nSPS) is 24.9. The first kappa shape index (κ1) is 13.9. The summed E-state index contributed by atoms with van der Waals surface area (Å²) in [5.41, 5.74) is -0.693. The van der Waals surface area contributed by atoms with E-state index in [0.717, 1.165) is 19.4 Å². The Hall–Kier alpha value is -0.160. The number of β-amino-alcohol motifs (C(OH)–C–C–N with tert-alkyl or cyclic N) is 1. The van der Waals surface area contributed by atoms with Gasteiger partial charge in [-0.25, -0.2) is 0 Å². The van der Waals surface area contributed by atoms with Crippen LogP contribution in [0.1, 0.15) is 33.6 Å². The van der Waals surface area contributed by atoms with Crippen LogP contribution in [0.3, 0.4) is 0 Å². The number of aliphatic hydroxyl groups excluding tert-OH is 1. The number of hydrogen-bond donors (Lipinski definition) is 2. The van der Waals surface area contributed by atoms with Crippen LogP contribution < -0.4 is 0 Å². The summed E-state index contributed by atoms with van der Waals surface area (Å²) < 4.78 is 5.19. The number of aliphatic hydroxyl groups is 2. The summed E-state index contributed by atoms with van der Waals surface area (Å²) in [4.78, 5) is 2.17. The van der Waals surface area contributed by atoms with Gasteiger partial charge in [-0.15, -0.1) is 0 Å². The minimum absolute atomic E-state index is 0.156. The molecule has 0 spiro atoms. The Morgan fingerprint density at radius 3 is 2.75 bits per heavy atom. The van der Waals surface area contributed by atoms with E-state index in [2.05, 4.69) is 4.90 Å². The third-order valence-corrected chi connectivity index (χ3v) is 3.14. The van der Waals surface area contributed by atoms with Crippen LogP contribution in [0.5, 0.6) is 0 Å². The van der Waals surface area contributed by atoms with E-state index in [9.17, 15) is 10.2 Å². The Bertz CT molecular complexity index is 203. The van der Waals surface area contributed by atoms with Crippen molar-refractivity contribution in [2.75, 3.05) is 26.3 Å². The summed E-state index contributed by atoms with van der Waals surface area (Å²) in [7, 11) is 0. The first-order valence-corrected chi connectivity index (χ1v) is 6.17. The van der Waals surface area contributed by atoms with E-state index in [0.29, 0.717) is 19.8 Å². The summed E-state index contributed by atoms with van der Waals surface area (Å²) in [6.45, 7) is 8.15. The molecule has 2 atom stereocenters. The molecule has 0 aliphatic carbocycles. The molecule has 4 nitrogen and oxygen atoms in total. The Labute approximate surface area is 98.2 Å². The number of ether oxygens (including phenoxy) is 1. The van der Waals surface area contributed by atoms with E-state index >= 15 is 0 Å².